The summed E-state index contributed by atoms with van der Waals surface area (Å²) in [5, 5.41) is 12.5. The summed E-state index contributed by atoms with van der Waals surface area (Å²) >= 11 is 0. The van der Waals surface area contributed by atoms with Crippen molar-refractivity contribution in [2.45, 2.75) is 5.41 Å². The molecule has 0 unspecified atom stereocenters. The predicted octanol–water partition coefficient (Wildman–Crippen LogP) is 18.9. The zero-order valence-electron chi connectivity index (χ0n) is 39.8. The van der Waals surface area contributed by atoms with Gasteiger partial charge in [-0.1, -0.05) is 194 Å². The van der Waals surface area contributed by atoms with Crippen LogP contribution in [-0.4, -0.2) is 4.57 Å². The van der Waals surface area contributed by atoms with E-state index in [9.17, 15) is 0 Å². The molecule has 2 heteroatoms. The van der Waals surface area contributed by atoms with Crippen LogP contribution in [0.4, 0.5) is 17.1 Å². The van der Waals surface area contributed by atoms with Gasteiger partial charge in [-0.25, -0.2) is 0 Å². The maximum absolute atomic E-state index is 2.56. The number of para-hydroxylation sites is 4. The van der Waals surface area contributed by atoms with E-state index in [4.69, 9.17) is 0 Å². The van der Waals surface area contributed by atoms with Gasteiger partial charge in [-0.2, -0.15) is 0 Å². The zero-order valence-corrected chi connectivity index (χ0v) is 39.8. The lowest BCUT2D eigenvalue weighted by Crippen LogP contribution is -2.36. The minimum Gasteiger partial charge on any atom is -0.310 e. The normalized spacial score (nSPS) is 13.3. The van der Waals surface area contributed by atoms with Gasteiger partial charge in [-0.05, 0) is 172 Å². The van der Waals surface area contributed by atoms with Gasteiger partial charge in [0.2, 0.25) is 0 Å². The van der Waals surface area contributed by atoms with Gasteiger partial charge in [0.15, 0.2) is 0 Å². The minimum absolute atomic E-state index is 0.677. The number of hydrogen-bond acceptors (Lipinski definition) is 1. The number of benzene rings is 13. The lowest BCUT2D eigenvalue weighted by atomic mass is 9.64. The molecule has 0 bridgehead atoms. The Labute approximate surface area is 422 Å². The Morgan fingerprint density at radius 2 is 0.616 bits per heavy atom. The highest BCUT2D eigenvalue weighted by atomic mass is 15.2. The highest BCUT2D eigenvalue weighted by Crippen LogP contribution is 2.64. The zero-order chi connectivity index (χ0) is 47.8. The van der Waals surface area contributed by atoms with Crippen molar-refractivity contribution in [2.24, 2.45) is 0 Å². The van der Waals surface area contributed by atoms with E-state index in [2.05, 4.69) is 276 Å². The van der Waals surface area contributed by atoms with Gasteiger partial charge in [0.25, 0.3) is 0 Å². The van der Waals surface area contributed by atoms with E-state index < -0.39 is 5.41 Å². The van der Waals surface area contributed by atoms with Gasteiger partial charge in [0, 0.05) is 22.1 Å². The van der Waals surface area contributed by atoms with Crippen LogP contribution in [0.25, 0.3) is 104 Å². The standard InChI is InChI=1S/C71H44N2/c1-5-21-53-45(17-1)41-46-18-2-6-22-54(46)69(53)49-33-39-57-58-40-34-50(70-55-23-7-3-19-47(55)42-48-20-4-8-24-56(48)70)44-64(58)71(63(57)43-49)61-27-11-15-31-67(61)73(68-32-16-12-28-62(68)71)52-37-35-51(36-38-52)72-65-29-13-9-25-59(65)60-26-10-14-30-66(60)72/h1-44H. The first-order valence-electron chi connectivity index (χ1n) is 25.4. The SMILES string of the molecule is c1ccc2c(c1)N(c1ccc(-n3c4ccccc4c4ccccc43)cc1)c1ccccc1C21c2cc(-c3c4ccccc4cc4ccccc34)ccc2-c2ccc(-c3c4ccccc4cc4ccccc34)cc21. The fourth-order valence-electron chi connectivity index (χ4n) is 13.3. The summed E-state index contributed by atoms with van der Waals surface area (Å²) < 4.78 is 2.40. The molecule has 1 aliphatic heterocycles. The van der Waals surface area contributed by atoms with Crippen molar-refractivity contribution < 1.29 is 0 Å². The monoisotopic (exact) mass is 924 g/mol. The van der Waals surface area contributed by atoms with Gasteiger partial charge in [0.05, 0.1) is 27.8 Å². The largest absolute Gasteiger partial charge is 0.310 e. The molecule has 16 rings (SSSR count). The maximum Gasteiger partial charge on any atom is 0.0754 e. The van der Waals surface area contributed by atoms with Crippen molar-refractivity contribution >= 4 is 82.0 Å². The summed E-state index contributed by atoms with van der Waals surface area (Å²) in [5.74, 6) is 0. The van der Waals surface area contributed by atoms with Crippen LogP contribution in [-0.2, 0) is 5.41 Å². The molecule has 0 atom stereocenters. The molecule has 14 aromatic rings. The van der Waals surface area contributed by atoms with Gasteiger partial charge in [0.1, 0.15) is 0 Å². The molecule has 338 valence electrons. The third-order valence-corrected chi connectivity index (χ3v) is 16.3. The molecule has 1 spiro atoms. The number of fused-ring (bicyclic) bond motifs is 16. The lowest BCUT2D eigenvalue weighted by molar-refractivity contribution is 0.753. The molecule has 1 aromatic heterocycles. The van der Waals surface area contributed by atoms with Gasteiger partial charge >= 0.3 is 0 Å². The summed E-state index contributed by atoms with van der Waals surface area (Å²) in [5.41, 5.74) is 19.0. The molecule has 2 heterocycles. The summed E-state index contributed by atoms with van der Waals surface area (Å²) in [6.45, 7) is 0. The first-order chi connectivity index (χ1) is 36.2. The fraction of sp³-hybridized carbons (Fsp3) is 0.0141. The third-order valence-electron chi connectivity index (χ3n) is 16.3. The fourth-order valence-corrected chi connectivity index (χ4v) is 13.3. The second-order valence-electron chi connectivity index (χ2n) is 19.9. The molecule has 2 nitrogen and oxygen atoms in total. The van der Waals surface area contributed by atoms with Crippen molar-refractivity contribution in [3.63, 3.8) is 0 Å². The summed E-state index contributed by atoms with van der Waals surface area (Å²) in [6.07, 6.45) is 0. The molecule has 0 saturated heterocycles. The summed E-state index contributed by atoms with van der Waals surface area (Å²) in [7, 11) is 0. The van der Waals surface area contributed by atoms with E-state index in [1.807, 2.05) is 0 Å². The van der Waals surface area contributed by atoms with Gasteiger partial charge < -0.3 is 9.47 Å². The van der Waals surface area contributed by atoms with E-state index in [1.165, 1.54) is 132 Å². The van der Waals surface area contributed by atoms with Crippen LogP contribution in [0.1, 0.15) is 22.3 Å². The first-order valence-corrected chi connectivity index (χ1v) is 25.4. The van der Waals surface area contributed by atoms with Crippen LogP contribution in [0.5, 0.6) is 0 Å². The molecule has 0 N–H and O–H groups in total. The van der Waals surface area contributed by atoms with Crippen molar-refractivity contribution in [1.29, 1.82) is 0 Å². The van der Waals surface area contributed by atoms with Gasteiger partial charge in [-0.15, -0.1) is 0 Å². The van der Waals surface area contributed by atoms with Crippen molar-refractivity contribution in [3.05, 3.63) is 289 Å². The van der Waals surface area contributed by atoms with Crippen LogP contribution >= 0.6 is 0 Å². The average Bonchev–Trinajstić information content (AvgIpc) is 3.94. The molecule has 13 aromatic carbocycles. The van der Waals surface area contributed by atoms with E-state index in [1.54, 1.807) is 0 Å². The molecule has 2 aliphatic rings. The van der Waals surface area contributed by atoms with Crippen molar-refractivity contribution in [1.82, 2.24) is 4.57 Å². The molecule has 0 amide bonds. The number of nitrogens with zero attached hydrogens (tertiary/aromatic N) is 2. The number of aromatic nitrogens is 1. The van der Waals surface area contributed by atoms with E-state index in [-0.39, 0.29) is 0 Å². The Morgan fingerprint density at radius 1 is 0.260 bits per heavy atom. The molecule has 1 aliphatic carbocycles. The topological polar surface area (TPSA) is 8.17 Å². The molecule has 0 saturated carbocycles. The third kappa shape index (κ3) is 5.58. The Bertz CT molecular complexity index is 4250. The van der Waals surface area contributed by atoms with E-state index in [0.29, 0.717) is 0 Å². The Balaban J connectivity index is 0.968. The second-order valence-corrected chi connectivity index (χ2v) is 19.9. The smallest absolute Gasteiger partial charge is 0.0754 e. The quantitative estimate of drug-likeness (QED) is 0.160. The second kappa shape index (κ2) is 15.3. The average molecular weight is 925 g/mol. The van der Waals surface area contributed by atoms with Crippen LogP contribution < -0.4 is 4.90 Å². The molecule has 0 fully saturated rings. The van der Waals surface area contributed by atoms with E-state index >= 15 is 0 Å². The van der Waals surface area contributed by atoms with Crippen LogP contribution in [0.15, 0.2) is 267 Å². The highest BCUT2D eigenvalue weighted by molar-refractivity contribution is 6.15. The number of anilines is 3. The molecule has 0 radical (unpaired) electrons. The predicted molar refractivity (Wildman–Crippen MR) is 307 cm³/mol. The number of rotatable bonds is 4. The summed E-state index contributed by atoms with van der Waals surface area (Å²) in [4.78, 5) is 2.51. The van der Waals surface area contributed by atoms with Crippen molar-refractivity contribution in [3.8, 4) is 39.1 Å². The first kappa shape index (κ1) is 40.3. The molecule has 73 heavy (non-hydrogen) atoms. The molecular formula is C71H44N2. The molecular weight excluding hydrogens is 881 g/mol. The van der Waals surface area contributed by atoms with Crippen molar-refractivity contribution in [2.75, 3.05) is 4.90 Å². The van der Waals surface area contributed by atoms with Crippen LogP contribution in [0.2, 0.25) is 0 Å². The highest BCUT2D eigenvalue weighted by Gasteiger charge is 2.52. The Morgan fingerprint density at radius 3 is 1.05 bits per heavy atom. The van der Waals surface area contributed by atoms with Crippen LogP contribution in [0, 0.1) is 0 Å². The maximum atomic E-state index is 2.56. The van der Waals surface area contributed by atoms with Crippen LogP contribution in [0.3, 0.4) is 0 Å². The lowest BCUT2D eigenvalue weighted by Gasteiger charge is -2.45. The summed E-state index contributed by atoms with van der Waals surface area (Å²) in [6, 6.07) is 100. The number of hydrogen-bond donors (Lipinski definition) is 0. The van der Waals surface area contributed by atoms with E-state index in [0.717, 1.165) is 11.4 Å². The minimum atomic E-state index is -0.677. The Hall–Kier alpha value is -9.50. The Kier molecular flexibility index (Phi) is 8.41. The van der Waals surface area contributed by atoms with Gasteiger partial charge in [-0.3, -0.25) is 0 Å².